The van der Waals surface area contributed by atoms with Crippen LogP contribution >= 0.6 is 22.9 Å². The normalized spacial score (nSPS) is 12.6. The molecular formula is C23H18ClF4IN4O4S2. The van der Waals surface area contributed by atoms with Crippen LogP contribution in [0.15, 0.2) is 69.8 Å². The number of sulfonamides is 1. The van der Waals surface area contributed by atoms with Gasteiger partial charge in [-0.05, 0) is 47.9 Å². The van der Waals surface area contributed by atoms with E-state index < -0.39 is 40.2 Å². The van der Waals surface area contributed by atoms with Crippen LogP contribution in [0.1, 0.15) is 0 Å². The predicted molar refractivity (Wildman–Crippen MR) is 136 cm³/mol. The Morgan fingerprint density at radius 3 is 2.44 bits per heavy atom. The molecule has 4 aromatic rings. The third-order valence-corrected chi connectivity index (χ3v) is 8.47. The number of thiophene rings is 1. The van der Waals surface area contributed by atoms with E-state index in [4.69, 9.17) is 11.6 Å². The molecule has 16 heteroatoms. The van der Waals surface area contributed by atoms with E-state index in [1.54, 1.807) is 0 Å². The van der Waals surface area contributed by atoms with Gasteiger partial charge in [0.15, 0.2) is 5.82 Å². The van der Waals surface area contributed by atoms with Crippen molar-refractivity contribution in [3.8, 4) is 5.69 Å². The molecule has 2 amide bonds. The van der Waals surface area contributed by atoms with Gasteiger partial charge in [0.1, 0.15) is 16.4 Å². The van der Waals surface area contributed by atoms with Crippen molar-refractivity contribution in [1.29, 1.82) is 0 Å². The highest BCUT2D eigenvalue weighted by Gasteiger charge is 2.28. The molecule has 0 aliphatic carbocycles. The van der Waals surface area contributed by atoms with Crippen molar-refractivity contribution in [3.63, 3.8) is 0 Å². The summed E-state index contributed by atoms with van der Waals surface area (Å²) in [6.45, 7) is -1.24. The summed E-state index contributed by atoms with van der Waals surface area (Å²) in [7, 11) is -2.87. The summed E-state index contributed by atoms with van der Waals surface area (Å²) >= 11 is 6.52. The lowest BCUT2D eigenvalue weighted by Crippen LogP contribution is -3.08. The van der Waals surface area contributed by atoms with Gasteiger partial charge in [-0.1, -0.05) is 11.6 Å². The van der Waals surface area contributed by atoms with Gasteiger partial charge in [0.05, 0.1) is 17.1 Å². The fourth-order valence-electron chi connectivity index (χ4n) is 3.51. The Kier molecular flexibility index (Phi) is 9.31. The Bertz CT molecular complexity index is 1710. The summed E-state index contributed by atoms with van der Waals surface area (Å²) in [6, 6.07) is 10.7. The molecule has 0 saturated carbocycles. The van der Waals surface area contributed by atoms with E-state index in [0.717, 1.165) is 22.0 Å². The molecular weight excluding hydrogens is 699 g/mol. The molecule has 4 rings (SSSR count). The monoisotopic (exact) mass is 716 g/mol. The quantitative estimate of drug-likeness (QED) is 0.205. The summed E-state index contributed by atoms with van der Waals surface area (Å²) in [5.74, 6) is -0.868. The van der Waals surface area contributed by atoms with E-state index in [-0.39, 0.29) is 59.9 Å². The molecule has 0 saturated heterocycles. The van der Waals surface area contributed by atoms with Crippen LogP contribution in [0.2, 0.25) is 4.34 Å². The van der Waals surface area contributed by atoms with Crippen molar-refractivity contribution in [2.45, 2.75) is 10.4 Å². The summed E-state index contributed by atoms with van der Waals surface area (Å²) in [6.07, 6.45) is -3.14. The molecule has 0 fully saturated rings. The minimum atomic E-state index is -4.41. The molecule has 8 nitrogen and oxygen atoms in total. The van der Waals surface area contributed by atoms with E-state index in [9.17, 15) is 31.2 Å². The first-order chi connectivity index (χ1) is 17.7. The second kappa shape index (κ2) is 11.8. The second-order valence-corrected chi connectivity index (χ2v) is 11.7. The minimum Gasteiger partial charge on any atom is -1.00 e. The summed E-state index contributed by atoms with van der Waals surface area (Å²) in [5, 5.41) is 2.73. The number of carbonyl (C=O) groups is 1. The number of fused-ring (bicyclic) bond motifs is 1. The number of halogens is 6. The van der Waals surface area contributed by atoms with Crippen molar-refractivity contribution in [2.24, 2.45) is 0 Å². The number of hydrogen-bond donors (Lipinski definition) is 3. The number of nitrogens with one attached hydrogen (secondary N) is 3. The number of rotatable bonds is 6. The second-order valence-electron chi connectivity index (χ2n) is 8.05. The van der Waals surface area contributed by atoms with E-state index >= 15 is 4.39 Å². The first kappa shape index (κ1) is 30.8. The molecule has 0 spiro atoms. The maximum Gasteiger partial charge on any atom is 0.433 e. The van der Waals surface area contributed by atoms with Crippen LogP contribution in [0.5, 0.6) is 0 Å². The van der Waals surface area contributed by atoms with Crippen LogP contribution in [0, 0.1) is 5.82 Å². The summed E-state index contributed by atoms with van der Waals surface area (Å²) in [5.41, 5.74) is -0.516. The summed E-state index contributed by atoms with van der Waals surface area (Å²) < 4.78 is 80.2. The Morgan fingerprint density at radius 1 is 1.10 bits per heavy atom. The van der Waals surface area contributed by atoms with Gasteiger partial charge in [-0.2, -0.15) is 17.9 Å². The van der Waals surface area contributed by atoms with Crippen LogP contribution in [-0.2, 0) is 10.0 Å². The Balaban J connectivity index is 0.00000420. The van der Waals surface area contributed by atoms with Crippen molar-refractivity contribution >= 4 is 61.1 Å². The highest BCUT2D eigenvalue weighted by Crippen LogP contribution is 2.25. The van der Waals surface area contributed by atoms with Gasteiger partial charge in [-0.15, -0.1) is 11.3 Å². The number of aromatic nitrogens is 1. The van der Waals surface area contributed by atoms with E-state index in [1.807, 2.05) is 4.72 Å². The molecule has 0 aliphatic heterocycles. The number of amides is 2. The maximum atomic E-state index is 15.1. The molecule has 2 heterocycles. The fourth-order valence-corrected chi connectivity index (χ4v) is 6.00. The van der Waals surface area contributed by atoms with Gasteiger partial charge < -0.3 is 29.3 Å². The number of quaternary nitrogens is 1. The Labute approximate surface area is 245 Å². The third kappa shape index (κ3) is 7.08. The smallest absolute Gasteiger partial charge is 0.433 e. The SMILES string of the molecule is C[NH+](C(=O)NS(=O)(=O)c1ccc(Cl)s1)c1ccc(-n2ccc3cc(NCC(F)(F)F)ccc3c2=O)c(F)c1.[I-]. The Hall–Kier alpha value is -2.73. The predicted octanol–water partition coefficient (Wildman–Crippen LogP) is 1.07. The number of anilines is 1. The minimum absolute atomic E-state index is 0. The highest BCUT2D eigenvalue weighted by atomic mass is 127. The first-order valence-electron chi connectivity index (χ1n) is 10.7. The van der Waals surface area contributed by atoms with Gasteiger partial charge in [0.25, 0.3) is 15.6 Å². The molecule has 0 bridgehead atoms. The third-order valence-electron chi connectivity index (χ3n) is 5.42. The van der Waals surface area contributed by atoms with E-state index in [1.165, 1.54) is 61.8 Å². The lowest BCUT2D eigenvalue weighted by Gasteiger charge is -2.14. The number of carbonyl (C=O) groups excluding carboxylic acids is 1. The number of alkyl halides is 3. The van der Waals surface area contributed by atoms with Crippen molar-refractivity contribution in [3.05, 3.63) is 81.3 Å². The zero-order valence-corrected chi connectivity index (χ0v) is 24.2. The van der Waals surface area contributed by atoms with Crippen molar-refractivity contribution in [2.75, 3.05) is 18.9 Å². The van der Waals surface area contributed by atoms with Gasteiger partial charge >= 0.3 is 12.2 Å². The lowest BCUT2D eigenvalue weighted by molar-refractivity contribution is -0.717. The zero-order valence-electron chi connectivity index (χ0n) is 19.6. The summed E-state index contributed by atoms with van der Waals surface area (Å²) in [4.78, 5) is 25.4. The van der Waals surface area contributed by atoms with Crippen LogP contribution in [0.3, 0.4) is 0 Å². The molecule has 1 unspecified atom stereocenters. The molecule has 1 atom stereocenters. The molecule has 39 heavy (non-hydrogen) atoms. The molecule has 3 N–H and O–H groups in total. The van der Waals surface area contributed by atoms with Gasteiger partial charge in [-0.3, -0.25) is 9.36 Å². The van der Waals surface area contributed by atoms with Crippen LogP contribution in [-0.4, -0.2) is 38.8 Å². The van der Waals surface area contributed by atoms with Crippen molar-refractivity contribution < 1.29 is 59.7 Å². The number of hydrogen-bond acceptors (Lipinski definition) is 6. The molecule has 208 valence electrons. The van der Waals surface area contributed by atoms with Gasteiger partial charge in [0, 0.05) is 29.4 Å². The largest absolute Gasteiger partial charge is 1.00 e. The lowest BCUT2D eigenvalue weighted by atomic mass is 10.1. The van der Waals surface area contributed by atoms with Crippen LogP contribution in [0.25, 0.3) is 16.5 Å². The first-order valence-corrected chi connectivity index (χ1v) is 13.4. The highest BCUT2D eigenvalue weighted by molar-refractivity contribution is 7.92. The zero-order chi connectivity index (χ0) is 27.8. The maximum absolute atomic E-state index is 15.1. The average Bonchev–Trinajstić information content (AvgIpc) is 3.29. The van der Waals surface area contributed by atoms with Crippen LogP contribution in [0.4, 0.5) is 33.7 Å². The van der Waals surface area contributed by atoms with Gasteiger partial charge in [-0.25, -0.2) is 22.5 Å². The molecule has 2 aromatic carbocycles. The Morgan fingerprint density at radius 2 is 1.82 bits per heavy atom. The van der Waals surface area contributed by atoms with E-state index in [2.05, 4.69) is 5.32 Å². The topological polar surface area (TPSA) is 102 Å². The van der Waals surface area contributed by atoms with Crippen LogP contribution < -0.4 is 44.5 Å². The number of nitrogens with zero attached hydrogens (tertiary/aromatic N) is 1. The van der Waals surface area contributed by atoms with Gasteiger partial charge in [0.2, 0.25) is 0 Å². The van der Waals surface area contributed by atoms with Crippen molar-refractivity contribution in [1.82, 2.24) is 9.29 Å². The molecule has 2 aromatic heterocycles. The number of urea groups is 1. The van der Waals surface area contributed by atoms with E-state index in [0.29, 0.717) is 5.39 Å². The average molecular weight is 717 g/mol. The fraction of sp³-hybridized carbons (Fsp3) is 0.130. The number of pyridine rings is 1. The molecule has 0 aliphatic rings. The molecule has 0 radical (unpaired) electrons. The number of benzene rings is 2. The standard InChI is InChI=1S/C23H17ClF4N4O4S2.HI/c1-31(22(34)30-38(35,36)20-7-6-19(24)37-20)15-3-5-18(17(25)11-15)32-9-8-13-10-14(29-12-23(26,27)28)2-4-16(13)21(32)33;/h2-11,29H,12H2,1H3,(H,30,34);1H.